The molecule has 3 nitrogen and oxygen atoms in total. The minimum Gasteiger partial charge on any atom is -0.352 e. The predicted molar refractivity (Wildman–Crippen MR) is 88.3 cm³/mol. The third kappa shape index (κ3) is 2.40. The number of nitrogens with zero attached hydrogens (tertiary/aromatic N) is 2. The Morgan fingerprint density at radius 1 is 0.818 bits per heavy atom. The van der Waals surface area contributed by atoms with Gasteiger partial charge in [0.15, 0.2) is 6.23 Å². The zero-order chi connectivity index (χ0) is 14.8. The Kier molecular flexibility index (Phi) is 3.41. The van der Waals surface area contributed by atoms with E-state index in [-0.39, 0.29) is 6.23 Å². The smallest absolute Gasteiger partial charge is 0.158 e. The molecule has 0 amide bonds. The number of anilines is 1. The lowest BCUT2D eigenvalue weighted by molar-refractivity contribution is 0.114. The zero-order valence-electron chi connectivity index (χ0n) is 12.3. The quantitative estimate of drug-likeness (QED) is 0.725. The van der Waals surface area contributed by atoms with E-state index in [2.05, 4.69) is 76.5 Å². The number of benzene rings is 2. The molecular formula is C19H18N2O. The SMILES string of the molecule is c1ccc(N2CCO[C@@H]2c2ccn(-c3ccccc3)c2)cc1. The maximum atomic E-state index is 5.97. The lowest BCUT2D eigenvalue weighted by Gasteiger charge is -2.24. The van der Waals surface area contributed by atoms with E-state index in [0.717, 1.165) is 18.8 Å². The fourth-order valence-corrected chi connectivity index (χ4v) is 2.95. The van der Waals surface area contributed by atoms with Gasteiger partial charge in [-0.05, 0) is 30.3 Å². The molecule has 0 unspecified atom stereocenters. The van der Waals surface area contributed by atoms with Crippen LogP contribution in [0.5, 0.6) is 0 Å². The van der Waals surface area contributed by atoms with Crippen molar-refractivity contribution in [2.75, 3.05) is 18.1 Å². The van der Waals surface area contributed by atoms with E-state index in [9.17, 15) is 0 Å². The molecule has 1 saturated heterocycles. The second-order valence-electron chi connectivity index (χ2n) is 5.44. The Hall–Kier alpha value is -2.52. The Balaban J connectivity index is 1.63. The van der Waals surface area contributed by atoms with Gasteiger partial charge < -0.3 is 14.2 Å². The van der Waals surface area contributed by atoms with Crippen molar-refractivity contribution < 1.29 is 4.74 Å². The molecule has 3 aromatic rings. The number of ether oxygens (including phenoxy) is 1. The number of rotatable bonds is 3. The molecule has 3 heteroatoms. The first-order chi connectivity index (χ1) is 10.9. The molecule has 1 aliphatic heterocycles. The van der Waals surface area contributed by atoms with E-state index < -0.39 is 0 Å². The lowest BCUT2D eigenvalue weighted by Crippen LogP contribution is -2.22. The van der Waals surface area contributed by atoms with E-state index in [1.54, 1.807) is 0 Å². The van der Waals surface area contributed by atoms with E-state index in [1.807, 2.05) is 12.1 Å². The van der Waals surface area contributed by atoms with Gasteiger partial charge in [-0.2, -0.15) is 0 Å². The summed E-state index contributed by atoms with van der Waals surface area (Å²) in [6, 6.07) is 22.9. The van der Waals surface area contributed by atoms with E-state index in [0.29, 0.717) is 0 Å². The first-order valence-corrected chi connectivity index (χ1v) is 7.58. The molecule has 1 atom stereocenters. The molecule has 1 aliphatic rings. The highest BCUT2D eigenvalue weighted by Crippen LogP contribution is 2.32. The summed E-state index contributed by atoms with van der Waals surface area (Å²) in [5.41, 5.74) is 3.56. The molecule has 0 radical (unpaired) electrons. The average Bonchev–Trinajstić information content (AvgIpc) is 3.25. The third-order valence-corrected chi connectivity index (χ3v) is 4.03. The van der Waals surface area contributed by atoms with Crippen LogP contribution in [0.3, 0.4) is 0 Å². The van der Waals surface area contributed by atoms with Crippen LogP contribution in [0.2, 0.25) is 0 Å². The van der Waals surface area contributed by atoms with Crippen molar-refractivity contribution in [3.63, 3.8) is 0 Å². The van der Waals surface area contributed by atoms with Gasteiger partial charge in [-0.3, -0.25) is 0 Å². The van der Waals surface area contributed by atoms with Crippen LogP contribution in [0.25, 0.3) is 5.69 Å². The molecule has 4 rings (SSSR count). The second kappa shape index (κ2) is 5.70. The largest absolute Gasteiger partial charge is 0.352 e. The molecule has 0 spiro atoms. The van der Waals surface area contributed by atoms with Crippen LogP contribution in [-0.2, 0) is 4.74 Å². The first-order valence-electron chi connectivity index (χ1n) is 7.58. The fourth-order valence-electron chi connectivity index (χ4n) is 2.95. The van der Waals surface area contributed by atoms with Crippen molar-refractivity contribution in [1.29, 1.82) is 0 Å². The Bertz CT molecular complexity index is 736. The molecule has 0 aliphatic carbocycles. The van der Waals surface area contributed by atoms with Crippen LogP contribution in [0.4, 0.5) is 5.69 Å². The molecule has 110 valence electrons. The summed E-state index contributed by atoms with van der Waals surface area (Å²) in [6.07, 6.45) is 4.24. The first kappa shape index (κ1) is 13.2. The van der Waals surface area contributed by atoms with Crippen LogP contribution in [0.15, 0.2) is 79.1 Å². The summed E-state index contributed by atoms with van der Waals surface area (Å²) in [7, 11) is 0. The van der Waals surface area contributed by atoms with Gasteiger partial charge in [0.05, 0.1) is 6.61 Å². The van der Waals surface area contributed by atoms with Gasteiger partial charge in [0.1, 0.15) is 0 Å². The van der Waals surface area contributed by atoms with Crippen molar-refractivity contribution in [2.24, 2.45) is 0 Å². The summed E-state index contributed by atoms with van der Waals surface area (Å²) in [5.74, 6) is 0. The van der Waals surface area contributed by atoms with Gasteiger partial charge in [0, 0.05) is 35.9 Å². The summed E-state index contributed by atoms with van der Waals surface area (Å²) in [6.45, 7) is 1.68. The Morgan fingerprint density at radius 2 is 1.50 bits per heavy atom. The number of hydrogen-bond acceptors (Lipinski definition) is 2. The van der Waals surface area contributed by atoms with Gasteiger partial charge in [0.2, 0.25) is 0 Å². The van der Waals surface area contributed by atoms with Crippen LogP contribution < -0.4 is 4.90 Å². The molecule has 2 heterocycles. The van der Waals surface area contributed by atoms with E-state index >= 15 is 0 Å². The van der Waals surface area contributed by atoms with Crippen molar-refractivity contribution in [3.8, 4) is 5.69 Å². The predicted octanol–water partition coefficient (Wildman–Crippen LogP) is 4.01. The maximum absolute atomic E-state index is 5.97. The zero-order valence-corrected chi connectivity index (χ0v) is 12.3. The van der Waals surface area contributed by atoms with Gasteiger partial charge in [-0.25, -0.2) is 0 Å². The molecule has 0 N–H and O–H groups in total. The van der Waals surface area contributed by atoms with Crippen LogP contribution in [-0.4, -0.2) is 17.7 Å². The van der Waals surface area contributed by atoms with Gasteiger partial charge in [0.25, 0.3) is 0 Å². The lowest BCUT2D eigenvalue weighted by atomic mass is 10.2. The van der Waals surface area contributed by atoms with E-state index in [4.69, 9.17) is 4.74 Å². The normalized spacial score (nSPS) is 17.8. The molecule has 0 bridgehead atoms. The van der Waals surface area contributed by atoms with Gasteiger partial charge >= 0.3 is 0 Å². The van der Waals surface area contributed by atoms with Crippen molar-refractivity contribution in [3.05, 3.63) is 84.7 Å². The highest BCUT2D eigenvalue weighted by atomic mass is 16.5. The van der Waals surface area contributed by atoms with Crippen LogP contribution in [0.1, 0.15) is 11.8 Å². The third-order valence-electron chi connectivity index (χ3n) is 4.03. The highest BCUT2D eigenvalue weighted by molar-refractivity contribution is 5.49. The molecule has 0 saturated carbocycles. The summed E-state index contributed by atoms with van der Waals surface area (Å²) >= 11 is 0. The molecule has 1 fully saturated rings. The topological polar surface area (TPSA) is 17.4 Å². The minimum atomic E-state index is -0.00707. The molecule has 2 aromatic carbocycles. The summed E-state index contributed by atoms with van der Waals surface area (Å²) < 4.78 is 8.11. The van der Waals surface area contributed by atoms with Crippen molar-refractivity contribution in [2.45, 2.75) is 6.23 Å². The average molecular weight is 290 g/mol. The Morgan fingerprint density at radius 3 is 2.23 bits per heavy atom. The van der Waals surface area contributed by atoms with Crippen LogP contribution in [0, 0.1) is 0 Å². The monoisotopic (exact) mass is 290 g/mol. The van der Waals surface area contributed by atoms with Crippen LogP contribution >= 0.6 is 0 Å². The minimum absolute atomic E-state index is 0.00707. The highest BCUT2D eigenvalue weighted by Gasteiger charge is 2.27. The summed E-state index contributed by atoms with van der Waals surface area (Å²) in [5, 5.41) is 0. The maximum Gasteiger partial charge on any atom is 0.158 e. The van der Waals surface area contributed by atoms with Gasteiger partial charge in [-0.15, -0.1) is 0 Å². The standard InChI is InChI=1S/C19H18N2O/c1-3-7-17(8-4-1)20-12-11-16(15-20)19-21(13-14-22-19)18-9-5-2-6-10-18/h1-12,15,19H,13-14H2/t19-/m1/s1. The van der Waals surface area contributed by atoms with E-state index in [1.165, 1.54) is 11.3 Å². The van der Waals surface area contributed by atoms with Gasteiger partial charge in [-0.1, -0.05) is 36.4 Å². The number of hydrogen-bond donors (Lipinski definition) is 0. The number of aromatic nitrogens is 1. The van der Waals surface area contributed by atoms with Crippen molar-refractivity contribution >= 4 is 5.69 Å². The molecule has 22 heavy (non-hydrogen) atoms. The summed E-state index contributed by atoms with van der Waals surface area (Å²) in [4.78, 5) is 2.31. The second-order valence-corrected chi connectivity index (χ2v) is 5.44. The molecule has 1 aromatic heterocycles. The molecular weight excluding hydrogens is 272 g/mol. The Labute approximate surface area is 130 Å². The number of para-hydroxylation sites is 2. The van der Waals surface area contributed by atoms with Crippen molar-refractivity contribution in [1.82, 2.24) is 4.57 Å². The fraction of sp³-hybridized carbons (Fsp3) is 0.158.